The molecule has 0 radical (unpaired) electrons. The summed E-state index contributed by atoms with van der Waals surface area (Å²) >= 11 is 0. The Labute approximate surface area is 108 Å². The summed E-state index contributed by atoms with van der Waals surface area (Å²) in [4.78, 5) is 10.9. The van der Waals surface area contributed by atoms with Crippen molar-refractivity contribution in [1.82, 2.24) is 0 Å². The van der Waals surface area contributed by atoms with Crippen molar-refractivity contribution in [2.75, 3.05) is 0 Å². The molecule has 1 unspecified atom stereocenters. The Morgan fingerprint density at radius 2 is 1.79 bits per heavy atom. The number of aliphatic carboxylic acids is 1. The molecule has 4 heteroatoms. The van der Waals surface area contributed by atoms with Crippen molar-refractivity contribution < 1.29 is 18.7 Å². The zero-order valence-electron chi connectivity index (χ0n) is 9.81. The normalized spacial score (nSPS) is 12.3. The molecule has 19 heavy (non-hydrogen) atoms. The van der Waals surface area contributed by atoms with Gasteiger partial charge in [-0.05, 0) is 28.5 Å². The number of carboxylic acids is 1. The first-order valence-corrected chi connectivity index (χ1v) is 5.54. The Bertz CT molecular complexity index is 671. The third-order valence-electron chi connectivity index (χ3n) is 2.91. The number of carbonyl (C=O) groups is 1. The van der Waals surface area contributed by atoms with Gasteiger partial charge in [-0.15, -0.1) is 6.42 Å². The Morgan fingerprint density at radius 3 is 2.37 bits per heavy atom. The predicted octanol–water partition coefficient (Wildman–Crippen LogP) is 3.25. The highest BCUT2D eigenvalue weighted by molar-refractivity contribution is 5.86. The number of rotatable bonds is 3. The summed E-state index contributed by atoms with van der Waals surface area (Å²) in [5, 5.41) is 10.3. The highest BCUT2D eigenvalue weighted by atomic mass is 19.3. The summed E-state index contributed by atoms with van der Waals surface area (Å²) in [6.07, 6.45) is 2.33. The van der Waals surface area contributed by atoms with Crippen LogP contribution in [0.15, 0.2) is 36.4 Å². The fourth-order valence-electron chi connectivity index (χ4n) is 1.94. The van der Waals surface area contributed by atoms with E-state index in [1.54, 1.807) is 24.3 Å². The van der Waals surface area contributed by atoms with Gasteiger partial charge in [0.25, 0.3) is 6.43 Å². The first-order valence-electron chi connectivity index (χ1n) is 5.54. The molecule has 0 saturated carbocycles. The van der Waals surface area contributed by atoms with Crippen LogP contribution in [0.4, 0.5) is 8.78 Å². The Kier molecular flexibility index (Phi) is 3.48. The van der Waals surface area contributed by atoms with Gasteiger partial charge < -0.3 is 5.11 Å². The van der Waals surface area contributed by atoms with E-state index in [4.69, 9.17) is 11.5 Å². The highest BCUT2D eigenvalue weighted by Crippen LogP contribution is 2.27. The molecule has 0 amide bonds. The van der Waals surface area contributed by atoms with E-state index in [1.165, 1.54) is 12.1 Å². The van der Waals surface area contributed by atoms with Gasteiger partial charge in [0, 0.05) is 5.56 Å². The molecule has 2 nitrogen and oxygen atoms in total. The number of carboxylic acid groups (broad SMARTS) is 1. The van der Waals surface area contributed by atoms with E-state index in [0.717, 1.165) is 5.39 Å². The molecule has 0 bridgehead atoms. The molecule has 0 fully saturated rings. The minimum Gasteiger partial charge on any atom is -0.481 e. The maximum absolute atomic E-state index is 12.7. The summed E-state index contributed by atoms with van der Waals surface area (Å²) < 4.78 is 25.5. The monoisotopic (exact) mass is 260 g/mol. The fourth-order valence-corrected chi connectivity index (χ4v) is 1.94. The van der Waals surface area contributed by atoms with Crippen LogP contribution in [-0.2, 0) is 4.79 Å². The second-order valence-corrected chi connectivity index (χ2v) is 4.12. The van der Waals surface area contributed by atoms with E-state index in [1.807, 2.05) is 0 Å². The second-order valence-electron chi connectivity index (χ2n) is 4.12. The van der Waals surface area contributed by atoms with Gasteiger partial charge in [-0.1, -0.05) is 30.2 Å². The molecule has 0 aliphatic rings. The molecule has 2 aromatic carbocycles. The van der Waals surface area contributed by atoms with Gasteiger partial charge in [0.05, 0.1) is 0 Å². The van der Waals surface area contributed by atoms with Gasteiger partial charge >= 0.3 is 5.97 Å². The largest absolute Gasteiger partial charge is 0.481 e. The maximum atomic E-state index is 12.7. The van der Waals surface area contributed by atoms with Crippen LogP contribution in [0.3, 0.4) is 0 Å². The van der Waals surface area contributed by atoms with Gasteiger partial charge in [-0.25, -0.2) is 8.78 Å². The zero-order valence-corrected chi connectivity index (χ0v) is 9.81. The average molecular weight is 260 g/mol. The summed E-state index contributed by atoms with van der Waals surface area (Å²) in [7, 11) is 0. The van der Waals surface area contributed by atoms with Gasteiger partial charge in [-0.3, -0.25) is 4.79 Å². The number of hydrogen-bond acceptors (Lipinski definition) is 1. The summed E-state index contributed by atoms with van der Waals surface area (Å²) in [5.74, 6) is -0.863. The van der Waals surface area contributed by atoms with Crippen LogP contribution in [0.1, 0.15) is 17.0 Å². The molecule has 1 atom stereocenters. The lowest BCUT2D eigenvalue weighted by Crippen LogP contribution is -2.19. The van der Waals surface area contributed by atoms with E-state index in [-0.39, 0.29) is 5.56 Å². The standard InChI is InChI=1S/C15H10F2O2/c1-2-9-3-4-11-8-12(6-5-10(11)7-9)13(14(16)17)15(18)19/h1,3-8,13-14H,(H,18,19). The molecule has 0 saturated heterocycles. The lowest BCUT2D eigenvalue weighted by molar-refractivity contribution is -0.142. The van der Waals surface area contributed by atoms with Gasteiger partial charge in [0.1, 0.15) is 5.92 Å². The van der Waals surface area contributed by atoms with Gasteiger partial charge in [0.2, 0.25) is 0 Å². The van der Waals surface area contributed by atoms with Crippen LogP contribution in [-0.4, -0.2) is 17.5 Å². The summed E-state index contributed by atoms with van der Waals surface area (Å²) in [6, 6.07) is 9.58. The van der Waals surface area contributed by atoms with Crippen molar-refractivity contribution >= 4 is 16.7 Å². The first-order chi connectivity index (χ1) is 9.02. The first kappa shape index (κ1) is 13.0. The van der Waals surface area contributed by atoms with Crippen LogP contribution in [0.25, 0.3) is 10.8 Å². The zero-order chi connectivity index (χ0) is 14.0. The van der Waals surface area contributed by atoms with Crippen molar-refractivity contribution in [3.8, 4) is 12.3 Å². The molecule has 0 heterocycles. The van der Waals surface area contributed by atoms with Gasteiger partial charge in [0.15, 0.2) is 0 Å². The number of fused-ring (bicyclic) bond motifs is 1. The van der Waals surface area contributed by atoms with E-state index in [2.05, 4.69) is 5.92 Å². The molecule has 0 aliphatic heterocycles. The molecule has 2 aromatic rings. The third kappa shape index (κ3) is 2.55. The van der Waals surface area contributed by atoms with Crippen LogP contribution in [0.5, 0.6) is 0 Å². The molecule has 0 aliphatic carbocycles. The van der Waals surface area contributed by atoms with Crippen LogP contribution in [0, 0.1) is 12.3 Å². The van der Waals surface area contributed by atoms with Crippen molar-refractivity contribution in [2.45, 2.75) is 12.3 Å². The van der Waals surface area contributed by atoms with Crippen molar-refractivity contribution in [2.24, 2.45) is 0 Å². The lowest BCUT2D eigenvalue weighted by Gasteiger charge is -2.12. The maximum Gasteiger partial charge on any atom is 0.316 e. The number of halogens is 2. The Balaban J connectivity index is 2.53. The lowest BCUT2D eigenvalue weighted by atomic mass is 9.96. The highest BCUT2D eigenvalue weighted by Gasteiger charge is 2.29. The van der Waals surface area contributed by atoms with Crippen molar-refractivity contribution in [3.05, 3.63) is 47.5 Å². The summed E-state index contributed by atoms with van der Waals surface area (Å²) in [6.45, 7) is 0. The van der Waals surface area contributed by atoms with Crippen LogP contribution < -0.4 is 0 Å². The average Bonchev–Trinajstić information content (AvgIpc) is 2.37. The van der Waals surface area contributed by atoms with Crippen LogP contribution in [0.2, 0.25) is 0 Å². The minimum absolute atomic E-state index is 0.0865. The van der Waals surface area contributed by atoms with Crippen molar-refractivity contribution in [1.29, 1.82) is 0 Å². The Morgan fingerprint density at radius 1 is 1.16 bits per heavy atom. The van der Waals surface area contributed by atoms with E-state index in [9.17, 15) is 13.6 Å². The molecular weight excluding hydrogens is 250 g/mol. The number of terminal acetylenes is 1. The SMILES string of the molecule is C#Cc1ccc2cc(C(C(=O)O)C(F)F)ccc2c1. The minimum atomic E-state index is -2.94. The van der Waals surface area contributed by atoms with E-state index in [0.29, 0.717) is 10.9 Å². The molecular formula is C15H10F2O2. The van der Waals surface area contributed by atoms with Gasteiger partial charge in [-0.2, -0.15) is 0 Å². The topological polar surface area (TPSA) is 37.3 Å². The quantitative estimate of drug-likeness (QED) is 0.860. The predicted molar refractivity (Wildman–Crippen MR) is 68.3 cm³/mol. The van der Waals surface area contributed by atoms with Crippen LogP contribution >= 0.6 is 0 Å². The van der Waals surface area contributed by atoms with E-state index < -0.39 is 18.3 Å². The smallest absolute Gasteiger partial charge is 0.316 e. The second kappa shape index (κ2) is 5.07. The third-order valence-corrected chi connectivity index (χ3v) is 2.91. The number of hydrogen-bond donors (Lipinski definition) is 1. The van der Waals surface area contributed by atoms with Crippen molar-refractivity contribution in [3.63, 3.8) is 0 Å². The number of benzene rings is 2. The molecule has 2 rings (SSSR count). The number of alkyl halides is 2. The molecule has 0 spiro atoms. The molecule has 0 aromatic heterocycles. The molecule has 1 N–H and O–H groups in total. The fraction of sp³-hybridized carbons (Fsp3) is 0.133. The van der Waals surface area contributed by atoms with E-state index >= 15 is 0 Å². The Hall–Kier alpha value is -2.41. The molecule has 96 valence electrons. The summed E-state index contributed by atoms with van der Waals surface area (Å²) in [5.41, 5.74) is 0.771.